The number of halogens is 2. The van der Waals surface area contributed by atoms with E-state index in [1.54, 1.807) is 12.5 Å². The molecule has 0 spiro atoms. The van der Waals surface area contributed by atoms with Gasteiger partial charge in [-0.2, -0.15) is 4.39 Å². The number of hydrogen-bond donors (Lipinski definition) is 0. The van der Waals surface area contributed by atoms with Gasteiger partial charge in [0, 0.05) is 0 Å². The first kappa shape index (κ1) is 17.0. The molecule has 0 aliphatic heterocycles. The Morgan fingerprint density at radius 2 is 1.77 bits per heavy atom. The first-order chi connectivity index (χ1) is 10.7. The van der Waals surface area contributed by atoms with Crippen LogP contribution in [0.3, 0.4) is 0 Å². The summed E-state index contributed by atoms with van der Waals surface area (Å²) in [6, 6.07) is 3.02. The van der Waals surface area contributed by atoms with Gasteiger partial charge in [0.1, 0.15) is 0 Å². The minimum Gasteiger partial charge on any atom is -0.494 e. The topological polar surface area (TPSA) is 9.23 Å². The van der Waals surface area contributed by atoms with Crippen molar-refractivity contribution in [1.29, 1.82) is 0 Å². The van der Waals surface area contributed by atoms with Crippen molar-refractivity contribution in [3.63, 3.8) is 0 Å². The number of rotatable bonds is 7. The molecule has 1 fully saturated rings. The molecule has 1 aromatic rings. The lowest BCUT2D eigenvalue weighted by Gasteiger charge is -2.26. The average molecular weight is 306 g/mol. The zero-order valence-electron chi connectivity index (χ0n) is 13.2. The van der Waals surface area contributed by atoms with Gasteiger partial charge in [0.05, 0.1) is 7.11 Å². The van der Waals surface area contributed by atoms with E-state index in [0.717, 1.165) is 12.8 Å². The molecule has 0 amide bonds. The van der Waals surface area contributed by atoms with Crippen molar-refractivity contribution in [2.24, 2.45) is 11.8 Å². The van der Waals surface area contributed by atoms with E-state index in [1.165, 1.54) is 38.9 Å². The fraction of sp³-hybridized carbons (Fsp3) is 0.474. The van der Waals surface area contributed by atoms with Crippen LogP contribution in [0.5, 0.6) is 5.75 Å². The van der Waals surface area contributed by atoms with E-state index >= 15 is 0 Å². The van der Waals surface area contributed by atoms with Crippen molar-refractivity contribution in [3.8, 4) is 5.75 Å². The van der Waals surface area contributed by atoms with Crippen LogP contribution in [0.4, 0.5) is 8.78 Å². The number of unbranched alkanes of at least 4 members (excludes halogenated alkanes) is 1. The summed E-state index contributed by atoms with van der Waals surface area (Å²) >= 11 is 0. The van der Waals surface area contributed by atoms with Crippen LogP contribution in [0, 0.1) is 36.3 Å². The van der Waals surface area contributed by atoms with Gasteiger partial charge in [0.25, 0.3) is 0 Å². The molecule has 0 atom stereocenters. The minimum atomic E-state index is -0.914. The molecule has 1 aromatic carbocycles. The van der Waals surface area contributed by atoms with Crippen molar-refractivity contribution >= 4 is 0 Å². The Balaban J connectivity index is 1.73. The molecule has 1 saturated carbocycles. The lowest BCUT2D eigenvalue weighted by Crippen LogP contribution is -2.13. The Labute approximate surface area is 132 Å². The van der Waals surface area contributed by atoms with Crippen LogP contribution in [0.15, 0.2) is 24.8 Å². The van der Waals surface area contributed by atoms with Crippen LogP contribution in [0.1, 0.15) is 44.1 Å². The molecule has 3 heteroatoms. The van der Waals surface area contributed by atoms with E-state index in [0.29, 0.717) is 17.4 Å². The highest BCUT2D eigenvalue weighted by Gasteiger charge is 2.19. The van der Waals surface area contributed by atoms with Crippen LogP contribution < -0.4 is 4.74 Å². The van der Waals surface area contributed by atoms with Gasteiger partial charge >= 0.3 is 0 Å². The quantitative estimate of drug-likeness (QED) is 0.477. The van der Waals surface area contributed by atoms with Gasteiger partial charge in [-0.1, -0.05) is 12.1 Å². The van der Waals surface area contributed by atoms with Crippen LogP contribution in [0.25, 0.3) is 0 Å². The molecule has 22 heavy (non-hydrogen) atoms. The van der Waals surface area contributed by atoms with Crippen molar-refractivity contribution in [2.45, 2.75) is 38.5 Å². The smallest absolute Gasteiger partial charge is 0.200 e. The van der Waals surface area contributed by atoms with Crippen molar-refractivity contribution in [2.75, 3.05) is 7.11 Å². The maximum absolute atomic E-state index is 13.8. The van der Waals surface area contributed by atoms with Gasteiger partial charge in [-0.25, -0.2) is 4.39 Å². The van der Waals surface area contributed by atoms with Crippen molar-refractivity contribution in [3.05, 3.63) is 54.8 Å². The highest BCUT2D eigenvalue weighted by Crippen LogP contribution is 2.32. The average Bonchev–Trinajstić information content (AvgIpc) is 2.56. The van der Waals surface area contributed by atoms with Crippen molar-refractivity contribution in [1.82, 2.24) is 0 Å². The lowest BCUT2D eigenvalue weighted by atomic mass is 9.80. The Kier molecular flexibility index (Phi) is 6.41. The maximum atomic E-state index is 13.8. The molecule has 120 valence electrons. The van der Waals surface area contributed by atoms with Crippen LogP contribution in [-0.2, 0) is 0 Å². The Morgan fingerprint density at radius 3 is 2.41 bits per heavy atom. The molecule has 0 heterocycles. The van der Waals surface area contributed by atoms with Gasteiger partial charge < -0.3 is 4.74 Å². The molecule has 2 rings (SSSR count). The Hall–Kier alpha value is -1.38. The highest BCUT2D eigenvalue weighted by molar-refractivity contribution is 5.34. The Bertz CT molecular complexity index is 490. The summed E-state index contributed by atoms with van der Waals surface area (Å²) in [6.45, 7) is 3.86. The summed E-state index contributed by atoms with van der Waals surface area (Å²) in [6.07, 6.45) is 12.6. The summed E-state index contributed by atoms with van der Waals surface area (Å²) in [5.74, 6) is -0.469. The van der Waals surface area contributed by atoms with Gasteiger partial charge in [-0.15, -0.1) is 6.58 Å². The molecule has 1 aliphatic carbocycles. The maximum Gasteiger partial charge on any atom is 0.200 e. The predicted molar refractivity (Wildman–Crippen MR) is 85.5 cm³/mol. The summed E-state index contributed by atoms with van der Waals surface area (Å²) in [5.41, 5.74) is 0.307. The van der Waals surface area contributed by atoms with Crippen molar-refractivity contribution < 1.29 is 13.5 Å². The molecule has 0 aromatic heterocycles. The van der Waals surface area contributed by atoms with E-state index in [2.05, 4.69) is 19.1 Å². The first-order valence-electron chi connectivity index (χ1n) is 7.96. The minimum absolute atomic E-state index is 0.0554. The standard InChI is InChI=1S/C19H24F2O/c1-3-14-8-10-15(11-9-14)6-4-5-7-16-12-13-17(22-2)19(21)18(16)20/h3,6-7,12-15H,1,4-5,8-11H2,2H3/t14-,15-. The van der Waals surface area contributed by atoms with E-state index < -0.39 is 11.6 Å². The third-order valence-electron chi connectivity index (χ3n) is 4.48. The molecular formula is C19H24F2O. The summed E-state index contributed by atoms with van der Waals surface area (Å²) in [5, 5.41) is 0. The number of ether oxygens (including phenoxy) is 1. The molecule has 0 saturated heterocycles. The van der Waals surface area contributed by atoms with Gasteiger partial charge in [0.15, 0.2) is 11.6 Å². The first-order valence-corrected chi connectivity index (χ1v) is 7.96. The Morgan fingerprint density at radius 1 is 1.09 bits per heavy atom. The number of methoxy groups -OCH3 is 1. The fourth-order valence-corrected chi connectivity index (χ4v) is 3.05. The number of allylic oxidation sites excluding steroid dienone is 1. The predicted octanol–water partition coefficient (Wildman–Crippen LogP) is 5.50. The van der Waals surface area contributed by atoms with E-state index in [4.69, 9.17) is 4.74 Å². The normalized spacial score (nSPS) is 21.6. The fourth-order valence-electron chi connectivity index (χ4n) is 3.05. The second-order valence-electron chi connectivity index (χ2n) is 5.91. The molecule has 0 unspecified atom stereocenters. The third-order valence-corrected chi connectivity index (χ3v) is 4.48. The lowest BCUT2D eigenvalue weighted by molar-refractivity contribution is 0.336. The van der Waals surface area contributed by atoms with Gasteiger partial charge in [0.2, 0.25) is 5.82 Å². The molecule has 1 aliphatic rings. The summed E-state index contributed by atoms with van der Waals surface area (Å²) in [7, 11) is 1.33. The third kappa shape index (κ3) is 4.31. The molecule has 0 bridgehead atoms. The molecule has 2 radical (unpaired) electrons. The largest absolute Gasteiger partial charge is 0.494 e. The van der Waals surface area contributed by atoms with E-state index in [1.807, 2.05) is 0 Å². The number of hydrogen-bond acceptors (Lipinski definition) is 1. The molecular weight excluding hydrogens is 282 g/mol. The second kappa shape index (κ2) is 8.30. The number of benzene rings is 1. The SMILES string of the molecule is C=C[C@H]1CC[C@H]([CH]CC[CH]c2ccc(OC)c(F)c2F)CC1. The van der Waals surface area contributed by atoms with E-state index in [9.17, 15) is 8.78 Å². The second-order valence-corrected chi connectivity index (χ2v) is 5.91. The van der Waals surface area contributed by atoms with Crippen LogP contribution >= 0.6 is 0 Å². The van der Waals surface area contributed by atoms with E-state index in [-0.39, 0.29) is 5.75 Å². The zero-order valence-corrected chi connectivity index (χ0v) is 13.2. The molecule has 1 nitrogen and oxygen atoms in total. The van der Waals surface area contributed by atoms with Crippen LogP contribution in [-0.4, -0.2) is 7.11 Å². The molecule has 0 N–H and O–H groups in total. The van der Waals surface area contributed by atoms with Crippen LogP contribution in [0.2, 0.25) is 0 Å². The van der Waals surface area contributed by atoms with Gasteiger partial charge in [-0.3, -0.25) is 0 Å². The highest BCUT2D eigenvalue weighted by atomic mass is 19.2. The van der Waals surface area contributed by atoms with Gasteiger partial charge in [-0.05, 0) is 74.8 Å². The summed E-state index contributed by atoms with van der Waals surface area (Å²) < 4.78 is 32.2. The monoisotopic (exact) mass is 306 g/mol. The summed E-state index contributed by atoms with van der Waals surface area (Å²) in [4.78, 5) is 0. The zero-order chi connectivity index (χ0) is 15.9.